The largest absolute Gasteiger partial charge is 0.489 e. The van der Waals surface area contributed by atoms with Gasteiger partial charge in [-0.05, 0) is 61.6 Å². The first-order chi connectivity index (χ1) is 10.4. The molecule has 3 heteroatoms. The van der Waals surface area contributed by atoms with Crippen molar-refractivity contribution in [3.8, 4) is 5.75 Å². The maximum absolute atomic E-state index is 5.95. The normalized spacial score (nSPS) is 14.0. The molecule has 0 aliphatic heterocycles. The summed E-state index contributed by atoms with van der Waals surface area (Å²) < 4.78 is 11.5. The zero-order chi connectivity index (χ0) is 14.5. The number of ether oxygens (including phenoxy) is 1. The van der Waals surface area contributed by atoms with Crippen LogP contribution in [-0.4, -0.2) is 6.54 Å². The number of benzene rings is 1. The summed E-state index contributed by atoms with van der Waals surface area (Å²) in [6, 6.07) is 8.51. The van der Waals surface area contributed by atoms with Crippen molar-refractivity contribution in [1.82, 2.24) is 5.32 Å². The standard InChI is InChI=1S/C18H23NO2/c1-2-19-12-18-16(9-10-20-18)13-21-17-8-7-14-5-3-4-6-15(14)11-17/h7-11,19H,2-6,12-13H2,1H3. The fourth-order valence-corrected chi connectivity index (χ4v) is 2.85. The molecule has 0 atom stereocenters. The Balaban J connectivity index is 1.63. The van der Waals surface area contributed by atoms with Gasteiger partial charge in [-0.2, -0.15) is 0 Å². The highest BCUT2D eigenvalue weighted by Crippen LogP contribution is 2.26. The van der Waals surface area contributed by atoms with E-state index in [4.69, 9.17) is 9.15 Å². The first-order valence-electron chi connectivity index (χ1n) is 7.87. The average Bonchev–Trinajstić information content (AvgIpc) is 2.98. The second-order valence-electron chi connectivity index (χ2n) is 5.58. The Bertz CT molecular complexity index is 589. The van der Waals surface area contributed by atoms with Crippen LogP contribution in [0.4, 0.5) is 0 Å². The Morgan fingerprint density at radius 2 is 2.00 bits per heavy atom. The molecule has 1 heterocycles. The summed E-state index contributed by atoms with van der Waals surface area (Å²) in [4.78, 5) is 0. The Hall–Kier alpha value is -1.74. The predicted octanol–water partition coefficient (Wildman–Crippen LogP) is 3.85. The molecule has 0 unspecified atom stereocenters. The number of fused-ring (bicyclic) bond motifs is 1. The minimum absolute atomic E-state index is 0.565. The van der Waals surface area contributed by atoms with Crippen molar-refractivity contribution in [1.29, 1.82) is 0 Å². The van der Waals surface area contributed by atoms with E-state index in [1.165, 1.54) is 36.8 Å². The lowest BCUT2D eigenvalue weighted by Gasteiger charge is -2.16. The second-order valence-corrected chi connectivity index (χ2v) is 5.58. The van der Waals surface area contributed by atoms with Gasteiger partial charge in [0, 0.05) is 5.56 Å². The van der Waals surface area contributed by atoms with Crippen LogP contribution >= 0.6 is 0 Å². The molecule has 0 radical (unpaired) electrons. The van der Waals surface area contributed by atoms with Gasteiger partial charge in [-0.15, -0.1) is 0 Å². The minimum atomic E-state index is 0.565. The van der Waals surface area contributed by atoms with Gasteiger partial charge in [0.15, 0.2) is 0 Å². The zero-order valence-corrected chi connectivity index (χ0v) is 12.7. The molecule has 1 aliphatic rings. The highest BCUT2D eigenvalue weighted by molar-refractivity contribution is 5.37. The molecule has 0 saturated carbocycles. The third-order valence-electron chi connectivity index (χ3n) is 4.09. The molecule has 112 valence electrons. The van der Waals surface area contributed by atoms with Crippen molar-refractivity contribution in [3.63, 3.8) is 0 Å². The van der Waals surface area contributed by atoms with Crippen molar-refractivity contribution in [2.75, 3.05) is 6.54 Å². The monoisotopic (exact) mass is 285 g/mol. The first kappa shape index (κ1) is 14.2. The molecule has 3 rings (SSSR count). The topological polar surface area (TPSA) is 34.4 Å². The van der Waals surface area contributed by atoms with Crippen LogP contribution < -0.4 is 10.1 Å². The van der Waals surface area contributed by atoms with Crippen LogP contribution in [0.5, 0.6) is 5.75 Å². The van der Waals surface area contributed by atoms with E-state index >= 15 is 0 Å². The third-order valence-corrected chi connectivity index (χ3v) is 4.09. The Morgan fingerprint density at radius 3 is 2.86 bits per heavy atom. The van der Waals surface area contributed by atoms with Crippen LogP contribution in [0, 0.1) is 0 Å². The third kappa shape index (κ3) is 3.48. The molecule has 1 N–H and O–H groups in total. The van der Waals surface area contributed by atoms with Gasteiger partial charge in [0.2, 0.25) is 0 Å². The molecule has 0 saturated heterocycles. The lowest BCUT2D eigenvalue weighted by Crippen LogP contribution is -2.12. The lowest BCUT2D eigenvalue weighted by atomic mass is 9.92. The summed E-state index contributed by atoms with van der Waals surface area (Å²) in [7, 11) is 0. The quantitative estimate of drug-likeness (QED) is 0.875. The Kier molecular flexibility index (Phi) is 4.61. The Morgan fingerprint density at radius 1 is 1.14 bits per heavy atom. The maximum Gasteiger partial charge on any atom is 0.124 e. The summed E-state index contributed by atoms with van der Waals surface area (Å²) >= 11 is 0. The van der Waals surface area contributed by atoms with E-state index in [1.54, 1.807) is 6.26 Å². The molecular formula is C18H23NO2. The van der Waals surface area contributed by atoms with Crippen molar-refractivity contribution in [3.05, 3.63) is 53.0 Å². The highest BCUT2D eigenvalue weighted by atomic mass is 16.5. The van der Waals surface area contributed by atoms with E-state index in [0.29, 0.717) is 6.61 Å². The van der Waals surface area contributed by atoms with E-state index in [2.05, 4.69) is 30.4 Å². The fourth-order valence-electron chi connectivity index (χ4n) is 2.85. The van der Waals surface area contributed by atoms with Gasteiger partial charge in [0.05, 0.1) is 12.8 Å². The SMILES string of the molecule is CCNCc1occc1COc1ccc2c(c1)CCCC2. The summed E-state index contributed by atoms with van der Waals surface area (Å²) in [6.07, 6.45) is 6.74. The average molecular weight is 285 g/mol. The van der Waals surface area contributed by atoms with Crippen molar-refractivity contribution in [2.45, 2.75) is 45.8 Å². The number of aryl methyl sites for hydroxylation is 2. The molecular weight excluding hydrogens is 262 g/mol. The Labute approximate surface area is 126 Å². The van der Waals surface area contributed by atoms with Crippen molar-refractivity contribution >= 4 is 0 Å². The summed E-state index contributed by atoms with van der Waals surface area (Å²) in [5, 5.41) is 3.28. The molecule has 2 aromatic rings. The molecule has 0 bridgehead atoms. The zero-order valence-electron chi connectivity index (χ0n) is 12.7. The molecule has 1 aromatic heterocycles. The number of hydrogen-bond donors (Lipinski definition) is 1. The van der Waals surface area contributed by atoms with Crippen LogP contribution in [0.15, 0.2) is 34.9 Å². The highest BCUT2D eigenvalue weighted by Gasteiger charge is 2.11. The van der Waals surface area contributed by atoms with Crippen LogP contribution in [0.2, 0.25) is 0 Å². The maximum atomic E-state index is 5.95. The summed E-state index contributed by atoms with van der Waals surface area (Å²) in [5.74, 6) is 1.93. The van der Waals surface area contributed by atoms with E-state index < -0.39 is 0 Å². The van der Waals surface area contributed by atoms with Crippen LogP contribution in [0.25, 0.3) is 0 Å². The minimum Gasteiger partial charge on any atom is -0.489 e. The summed E-state index contributed by atoms with van der Waals surface area (Å²) in [6.45, 7) is 4.35. The fraction of sp³-hybridized carbons (Fsp3) is 0.444. The van der Waals surface area contributed by atoms with Gasteiger partial charge >= 0.3 is 0 Å². The molecule has 0 fully saturated rings. The van der Waals surface area contributed by atoms with Gasteiger partial charge in [0.25, 0.3) is 0 Å². The smallest absolute Gasteiger partial charge is 0.124 e. The van der Waals surface area contributed by atoms with Crippen molar-refractivity contribution in [2.24, 2.45) is 0 Å². The summed E-state index contributed by atoms with van der Waals surface area (Å²) in [5.41, 5.74) is 4.07. The van der Waals surface area contributed by atoms with Crippen molar-refractivity contribution < 1.29 is 9.15 Å². The molecule has 3 nitrogen and oxygen atoms in total. The lowest BCUT2D eigenvalue weighted by molar-refractivity contribution is 0.301. The molecule has 0 amide bonds. The second kappa shape index (κ2) is 6.81. The molecule has 21 heavy (non-hydrogen) atoms. The number of furan rings is 1. The molecule has 1 aliphatic carbocycles. The molecule has 0 spiro atoms. The van der Waals surface area contributed by atoms with Crippen LogP contribution in [0.1, 0.15) is 42.2 Å². The van der Waals surface area contributed by atoms with Crippen LogP contribution in [-0.2, 0) is 26.0 Å². The van der Waals surface area contributed by atoms with Gasteiger partial charge in [-0.25, -0.2) is 0 Å². The van der Waals surface area contributed by atoms with Gasteiger partial charge in [0.1, 0.15) is 18.1 Å². The predicted molar refractivity (Wildman–Crippen MR) is 83.5 cm³/mol. The van der Waals surface area contributed by atoms with Gasteiger partial charge in [-0.3, -0.25) is 0 Å². The van der Waals surface area contributed by atoms with Crippen LogP contribution in [0.3, 0.4) is 0 Å². The van der Waals surface area contributed by atoms with E-state index in [1.807, 2.05) is 6.07 Å². The number of rotatable bonds is 6. The number of hydrogen-bond acceptors (Lipinski definition) is 3. The van der Waals surface area contributed by atoms with E-state index in [9.17, 15) is 0 Å². The van der Waals surface area contributed by atoms with E-state index in [0.717, 1.165) is 30.2 Å². The first-order valence-corrected chi connectivity index (χ1v) is 7.87. The number of nitrogens with one attached hydrogen (secondary N) is 1. The van der Waals surface area contributed by atoms with Gasteiger partial charge in [-0.1, -0.05) is 13.0 Å². The van der Waals surface area contributed by atoms with E-state index in [-0.39, 0.29) is 0 Å². The molecule has 1 aromatic carbocycles. The van der Waals surface area contributed by atoms with Gasteiger partial charge < -0.3 is 14.5 Å².